The van der Waals surface area contributed by atoms with Crippen LogP contribution >= 0.6 is 0 Å². The number of rotatable bonds is 6. The third kappa shape index (κ3) is 5.72. The minimum absolute atomic E-state index is 0.00449. The molecule has 0 saturated heterocycles. The van der Waals surface area contributed by atoms with E-state index < -0.39 is 17.5 Å². The van der Waals surface area contributed by atoms with E-state index in [9.17, 15) is 14.4 Å². The molecule has 0 atom stereocenters. The number of methoxy groups -OCH3 is 1. The van der Waals surface area contributed by atoms with Gasteiger partial charge in [-0.15, -0.1) is 0 Å². The molecule has 0 aromatic carbocycles. The zero-order chi connectivity index (χ0) is 18.5. The molecule has 7 nitrogen and oxygen atoms in total. The third-order valence-electron chi connectivity index (χ3n) is 3.30. The highest BCUT2D eigenvalue weighted by Gasteiger charge is 2.25. The van der Waals surface area contributed by atoms with Crippen LogP contribution in [0.5, 0.6) is 0 Å². The van der Waals surface area contributed by atoms with E-state index in [-0.39, 0.29) is 19.0 Å². The van der Waals surface area contributed by atoms with E-state index in [1.807, 2.05) is 0 Å². The second kappa shape index (κ2) is 7.99. The summed E-state index contributed by atoms with van der Waals surface area (Å²) in [6, 6.07) is 0. The first-order valence-electron chi connectivity index (χ1n) is 7.69. The Morgan fingerprint density at radius 3 is 2.29 bits per heavy atom. The first-order valence-corrected chi connectivity index (χ1v) is 7.69. The van der Waals surface area contributed by atoms with Gasteiger partial charge in [-0.25, -0.2) is 4.79 Å². The number of esters is 3. The minimum Gasteiger partial charge on any atom is -0.469 e. The van der Waals surface area contributed by atoms with Gasteiger partial charge in [0.25, 0.3) is 0 Å². The highest BCUT2D eigenvalue weighted by atomic mass is 16.6. The molecule has 134 valence electrons. The zero-order valence-electron chi connectivity index (χ0n) is 15.1. The van der Waals surface area contributed by atoms with Gasteiger partial charge in [-0.2, -0.15) is 0 Å². The van der Waals surface area contributed by atoms with E-state index in [1.54, 1.807) is 27.7 Å². The average Bonchev–Trinajstić information content (AvgIpc) is 2.77. The molecule has 0 aliphatic rings. The summed E-state index contributed by atoms with van der Waals surface area (Å²) < 4.78 is 15.0. The summed E-state index contributed by atoms with van der Waals surface area (Å²) in [7, 11) is 1.32. The molecular formula is C17H25NO6. The lowest BCUT2D eigenvalue weighted by Crippen LogP contribution is -2.24. The van der Waals surface area contributed by atoms with Crippen molar-refractivity contribution in [2.45, 2.75) is 59.7 Å². The van der Waals surface area contributed by atoms with Crippen molar-refractivity contribution in [2.75, 3.05) is 7.11 Å². The predicted molar refractivity (Wildman–Crippen MR) is 86.5 cm³/mol. The monoisotopic (exact) mass is 339 g/mol. The number of ether oxygens (including phenoxy) is 3. The fraction of sp³-hybridized carbons (Fsp3) is 0.588. The van der Waals surface area contributed by atoms with Crippen molar-refractivity contribution in [1.29, 1.82) is 0 Å². The number of aromatic amines is 1. The molecule has 1 N–H and O–H groups in total. The molecule has 0 fully saturated rings. The maximum atomic E-state index is 12.3. The van der Waals surface area contributed by atoms with Crippen molar-refractivity contribution < 1.29 is 28.6 Å². The largest absolute Gasteiger partial charge is 0.469 e. The molecule has 0 unspecified atom stereocenters. The Kier molecular flexibility index (Phi) is 6.57. The first kappa shape index (κ1) is 19.7. The van der Waals surface area contributed by atoms with Crippen molar-refractivity contribution in [3.05, 3.63) is 22.5 Å². The Hall–Kier alpha value is -2.31. The number of carbonyl (C=O) groups is 3. The van der Waals surface area contributed by atoms with Crippen LogP contribution in [0.3, 0.4) is 0 Å². The van der Waals surface area contributed by atoms with Crippen LogP contribution in [-0.4, -0.2) is 35.6 Å². The van der Waals surface area contributed by atoms with Crippen LogP contribution in [0.25, 0.3) is 0 Å². The van der Waals surface area contributed by atoms with Gasteiger partial charge in [0.1, 0.15) is 17.9 Å². The fourth-order valence-corrected chi connectivity index (χ4v) is 2.20. The molecule has 1 heterocycles. The Balaban J connectivity index is 3.10. The van der Waals surface area contributed by atoms with Crippen molar-refractivity contribution in [3.63, 3.8) is 0 Å². The number of nitrogens with one attached hydrogen (secondary N) is 1. The Labute approximate surface area is 141 Å². The van der Waals surface area contributed by atoms with Gasteiger partial charge in [-0.3, -0.25) is 9.59 Å². The molecule has 1 aromatic rings. The number of hydrogen-bond acceptors (Lipinski definition) is 6. The van der Waals surface area contributed by atoms with Crippen molar-refractivity contribution in [3.8, 4) is 0 Å². The fourth-order valence-electron chi connectivity index (χ4n) is 2.20. The first-order chi connectivity index (χ1) is 11.0. The molecule has 7 heteroatoms. The van der Waals surface area contributed by atoms with Crippen LogP contribution in [-0.2, 0) is 36.8 Å². The maximum Gasteiger partial charge on any atom is 0.355 e. The topological polar surface area (TPSA) is 94.7 Å². The second-order valence-corrected chi connectivity index (χ2v) is 6.44. The number of aromatic nitrogens is 1. The average molecular weight is 339 g/mol. The third-order valence-corrected chi connectivity index (χ3v) is 3.30. The van der Waals surface area contributed by atoms with Crippen LogP contribution in [0.1, 0.15) is 61.4 Å². The lowest BCUT2D eigenvalue weighted by molar-refractivity contribution is -0.142. The minimum atomic E-state index is -0.628. The lowest BCUT2D eigenvalue weighted by Gasteiger charge is -2.19. The van der Waals surface area contributed by atoms with Gasteiger partial charge in [0.15, 0.2) is 0 Å². The van der Waals surface area contributed by atoms with Gasteiger partial charge in [0.05, 0.1) is 12.8 Å². The Morgan fingerprint density at radius 2 is 1.79 bits per heavy atom. The summed E-state index contributed by atoms with van der Waals surface area (Å²) in [6.45, 7) is 8.40. The summed E-state index contributed by atoms with van der Waals surface area (Å²) >= 11 is 0. The molecule has 1 aromatic heterocycles. The molecule has 0 spiro atoms. The van der Waals surface area contributed by atoms with Crippen LogP contribution in [0.15, 0.2) is 0 Å². The smallest absolute Gasteiger partial charge is 0.355 e. The number of carbonyl (C=O) groups excluding carboxylic acids is 3. The van der Waals surface area contributed by atoms with Gasteiger partial charge in [-0.05, 0) is 45.2 Å². The van der Waals surface area contributed by atoms with E-state index >= 15 is 0 Å². The number of hydrogen-bond donors (Lipinski definition) is 1. The predicted octanol–water partition coefficient (Wildman–Crippen LogP) is 2.45. The SMILES string of the molecule is COC(=O)CCc1c(COC(C)=O)[nH]c(C(=O)OC(C)(C)C)c1C. The molecule has 0 bridgehead atoms. The van der Waals surface area contributed by atoms with E-state index in [4.69, 9.17) is 9.47 Å². The molecule has 0 saturated carbocycles. The highest BCUT2D eigenvalue weighted by Crippen LogP contribution is 2.23. The molecule has 1 rings (SSSR count). The van der Waals surface area contributed by atoms with Gasteiger partial charge in [0.2, 0.25) is 0 Å². The van der Waals surface area contributed by atoms with E-state index in [1.165, 1.54) is 14.0 Å². The summed E-state index contributed by atoms with van der Waals surface area (Å²) in [6.07, 6.45) is 0.532. The molecule has 0 aliphatic heterocycles. The molecule has 0 amide bonds. The van der Waals surface area contributed by atoms with E-state index in [2.05, 4.69) is 9.72 Å². The van der Waals surface area contributed by atoms with Crippen LogP contribution < -0.4 is 0 Å². The second-order valence-electron chi connectivity index (χ2n) is 6.44. The van der Waals surface area contributed by atoms with E-state index in [0.717, 1.165) is 5.56 Å². The summed E-state index contributed by atoms with van der Waals surface area (Å²) in [5, 5.41) is 0. The van der Waals surface area contributed by atoms with Crippen LogP contribution in [0.4, 0.5) is 0 Å². The highest BCUT2D eigenvalue weighted by molar-refractivity contribution is 5.90. The van der Waals surface area contributed by atoms with Gasteiger partial charge < -0.3 is 19.2 Å². The zero-order valence-corrected chi connectivity index (χ0v) is 15.1. The van der Waals surface area contributed by atoms with Crippen LogP contribution in [0.2, 0.25) is 0 Å². The molecular weight excluding hydrogens is 314 g/mol. The number of H-pyrrole nitrogens is 1. The van der Waals surface area contributed by atoms with Crippen molar-refractivity contribution in [2.24, 2.45) is 0 Å². The van der Waals surface area contributed by atoms with Gasteiger partial charge in [0, 0.05) is 13.3 Å². The Morgan fingerprint density at radius 1 is 1.17 bits per heavy atom. The molecule has 0 aliphatic carbocycles. The summed E-state index contributed by atoms with van der Waals surface area (Å²) in [5.41, 5.74) is 1.67. The van der Waals surface area contributed by atoms with Crippen molar-refractivity contribution in [1.82, 2.24) is 4.98 Å². The van der Waals surface area contributed by atoms with E-state index in [0.29, 0.717) is 23.4 Å². The maximum absolute atomic E-state index is 12.3. The standard InChI is InChI=1S/C17H25NO6/c1-10-12(7-8-14(20)22-6)13(9-23-11(2)19)18-15(10)16(21)24-17(3,4)5/h18H,7-9H2,1-6H3. The summed E-state index contributed by atoms with van der Waals surface area (Å²) in [5.74, 6) is -1.28. The van der Waals surface area contributed by atoms with Gasteiger partial charge >= 0.3 is 17.9 Å². The Bertz CT molecular complexity index is 624. The summed E-state index contributed by atoms with van der Waals surface area (Å²) in [4.78, 5) is 37.7. The lowest BCUT2D eigenvalue weighted by atomic mass is 10.0. The van der Waals surface area contributed by atoms with Crippen LogP contribution in [0, 0.1) is 6.92 Å². The molecule has 24 heavy (non-hydrogen) atoms. The molecule has 0 radical (unpaired) electrons. The van der Waals surface area contributed by atoms with Crippen molar-refractivity contribution >= 4 is 17.9 Å². The van der Waals surface area contributed by atoms with Gasteiger partial charge in [-0.1, -0.05) is 0 Å². The normalized spacial score (nSPS) is 11.1. The quantitative estimate of drug-likeness (QED) is 0.632.